The maximum atomic E-state index is 11.7. The Kier molecular flexibility index (Phi) is 4.81. The van der Waals surface area contributed by atoms with Gasteiger partial charge in [0.2, 0.25) is 0 Å². The third kappa shape index (κ3) is 3.70. The van der Waals surface area contributed by atoms with Gasteiger partial charge in [-0.15, -0.1) is 0 Å². The predicted molar refractivity (Wildman–Crippen MR) is 90.9 cm³/mol. The summed E-state index contributed by atoms with van der Waals surface area (Å²) >= 11 is 1.37. The zero-order chi connectivity index (χ0) is 17.8. The molecular weight excluding hydrogens is 342 g/mol. The van der Waals surface area contributed by atoms with Crippen molar-refractivity contribution in [1.29, 1.82) is 5.26 Å². The van der Waals surface area contributed by atoms with Crippen LogP contribution in [0.1, 0.15) is 21.7 Å². The third-order valence-electron chi connectivity index (χ3n) is 3.35. The molecule has 2 N–H and O–H groups in total. The molecule has 0 bridgehead atoms. The van der Waals surface area contributed by atoms with E-state index in [9.17, 15) is 4.79 Å². The molecule has 3 aromatic heterocycles. The molecule has 0 aliphatic heterocycles. The zero-order valence-corrected chi connectivity index (χ0v) is 14.0. The number of methoxy groups -OCH3 is 1. The van der Waals surface area contributed by atoms with Crippen LogP contribution in [0, 0.1) is 11.3 Å². The standard InChI is InChI=1S/C16H13N5O3S/c1-23-15(22)12-8-24-13-7-19-9(4-11(12)13)2-3-25-16-20-10(6-17)5-14(18)21-16/h4-5,7-8H,2-3H2,1H3,(H2,18,20,21). The van der Waals surface area contributed by atoms with Crippen LogP contribution in [0.25, 0.3) is 11.0 Å². The minimum Gasteiger partial charge on any atom is -0.465 e. The Balaban J connectivity index is 1.72. The number of fused-ring (bicyclic) bond motifs is 1. The number of anilines is 1. The van der Waals surface area contributed by atoms with Crippen LogP contribution in [0.2, 0.25) is 0 Å². The molecule has 0 saturated heterocycles. The van der Waals surface area contributed by atoms with Crippen LogP contribution in [-0.4, -0.2) is 33.8 Å². The van der Waals surface area contributed by atoms with Gasteiger partial charge >= 0.3 is 5.97 Å². The van der Waals surface area contributed by atoms with Crippen molar-refractivity contribution < 1.29 is 13.9 Å². The van der Waals surface area contributed by atoms with Crippen molar-refractivity contribution in [3.63, 3.8) is 0 Å². The summed E-state index contributed by atoms with van der Waals surface area (Å²) < 4.78 is 10.0. The van der Waals surface area contributed by atoms with Gasteiger partial charge in [0.15, 0.2) is 10.7 Å². The lowest BCUT2D eigenvalue weighted by molar-refractivity contribution is 0.0602. The monoisotopic (exact) mass is 355 g/mol. The summed E-state index contributed by atoms with van der Waals surface area (Å²) in [5, 5.41) is 10.0. The van der Waals surface area contributed by atoms with Gasteiger partial charge in [-0.2, -0.15) is 5.26 Å². The molecule has 0 aromatic carbocycles. The largest absolute Gasteiger partial charge is 0.465 e. The highest BCUT2D eigenvalue weighted by Crippen LogP contribution is 2.23. The average molecular weight is 355 g/mol. The van der Waals surface area contributed by atoms with Crippen molar-refractivity contribution in [2.24, 2.45) is 0 Å². The number of nitrogen functional groups attached to an aromatic ring is 1. The number of furan rings is 1. The van der Waals surface area contributed by atoms with E-state index in [0.717, 1.165) is 5.69 Å². The van der Waals surface area contributed by atoms with E-state index in [1.54, 1.807) is 12.3 Å². The van der Waals surface area contributed by atoms with E-state index in [-0.39, 0.29) is 11.5 Å². The minimum absolute atomic E-state index is 0.232. The number of carbonyl (C=O) groups excluding carboxylic acids is 1. The van der Waals surface area contributed by atoms with E-state index in [0.29, 0.717) is 33.9 Å². The van der Waals surface area contributed by atoms with Gasteiger partial charge in [-0.05, 0) is 12.5 Å². The second kappa shape index (κ2) is 7.19. The summed E-state index contributed by atoms with van der Waals surface area (Å²) in [6.45, 7) is 0. The van der Waals surface area contributed by atoms with E-state index in [1.165, 1.54) is 31.2 Å². The quantitative estimate of drug-likeness (QED) is 0.416. The molecule has 25 heavy (non-hydrogen) atoms. The predicted octanol–water partition coefficient (Wildman–Crippen LogP) is 2.19. The summed E-state index contributed by atoms with van der Waals surface area (Å²) in [4.78, 5) is 24.2. The molecule has 0 amide bonds. The van der Waals surface area contributed by atoms with Gasteiger partial charge in [0.25, 0.3) is 0 Å². The molecule has 8 nitrogen and oxygen atoms in total. The van der Waals surface area contributed by atoms with E-state index in [4.69, 9.17) is 20.1 Å². The Bertz CT molecular complexity index is 980. The van der Waals surface area contributed by atoms with Crippen molar-refractivity contribution in [3.05, 3.63) is 41.5 Å². The highest BCUT2D eigenvalue weighted by molar-refractivity contribution is 7.99. The fraction of sp³-hybridized carbons (Fsp3) is 0.188. The Morgan fingerprint density at radius 1 is 1.44 bits per heavy atom. The van der Waals surface area contributed by atoms with Crippen LogP contribution in [-0.2, 0) is 11.2 Å². The SMILES string of the molecule is COC(=O)c1coc2cnc(CCSc3nc(N)cc(C#N)n3)cc12. The molecular formula is C16H13N5O3S. The number of rotatable bonds is 5. The normalized spacial score (nSPS) is 10.6. The molecule has 0 radical (unpaired) electrons. The first kappa shape index (κ1) is 16.7. The molecule has 0 unspecified atom stereocenters. The number of ether oxygens (including phenoxy) is 1. The zero-order valence-electron chi connectivity index (χ0n) is 13.2. The molecule has 0 atom stereocenters. The fourth-order valence-electron chi connectivity index (χ4n) is 2.19. The maximum Gasteiger partial charge on any atom is 0.341 e. The van der Waals surface area contributed by atoms with Gasteiger partial charge in [0.1, 0.15) is 29.4 Å². The molecule has 3 heterocycles. The molecule has 0 aliphatic rings. The number of esters is 1. The fourth-order valence-corrected chi connectivity index (χ4v) is 3.02. The highest BCUT2D eigenvalue weighted by Gasteiger charge is 2.15. The number of hydrogen-bond donors (Lipinski definition) is 1. The number of hydrogen-bond acceptors (Lipinski definition) is 9. The van der Waals surface area contributed by atoms with Crippen molar-refractivity contribution in [3.8, 4) is 6.07 Å². The topological polar surface area (TPSA) is 128 Å². The first-order valence-electron chi connectivity index (χ1n) is 7.22. The van der Waals surface area contributed by atoms with Crippen LogP contribution in [0.15, 0.2) is 34.2 Å². The first-order chi connectivity index (χ1) is 12.1. The summed E-state index contributed by atoms with van der Waals surface area (Å²) in [6.07, 6.45) is 3.56. The van der Waals surface area contributed by atoms with E-state index in [1.807, 2.05) is 6.07 Å². The Labute approximate surface area is 147 Å². The molecule has 0 spiro atoms. The van der Waals surface area contributed by atoms with Crippen LogP contribution >= 0.6 is 11.8 Å². The summed E-state index contributed by atoms with van der Waals surface area (Å²) in [6, 6.07) is 5.17. The van der Waals surface area contributed by atoms with Gasteiger partial charge in [-0.3, -0.25) is 4.98 Å². The number of nitriles is 1. The number of carbonyl (C=O) groups is 1. The first-order valence-corrected chi connectivity index (χ1v) is 8.21. The van der Waals surface area contributed by atoms with E-state index < -0.39 is 5.97 Å². The van der Waals surface area contributed by atoms with Gasteiger partial charge < -0.3 is 14.9 Å². The van der Waals surface area contributed by atoms with Crippen molar-refractivity contribution in [2.45, 2.75) is 11.6 Å². The molecule has 3 aromatic rings. The molecule has 0 saturated carbocycles. The van der Waals surface area contributed by atoms with Gasteiger partial charge in [0, 0.05) is 22.9 Å². The van der Waals surface area contributed by atoms with Gasteiger partial charge in [0.05, 0.1) is 13.3 Å². The number of nitrogens with zero attached hydrogens (tertiary/aromatic N) is 4. The Morgan fingerprint density at radius 2 is 2.28 bits per heavy atom. The summed E-state index contributed by atoms with van der Waals surface area (Å²) in [7, 11) is 1.32. The minimum atomic E-state index is -0.456. The van der Waals surface area contributed by atoms with Crippen molar-refractivity contribution in [2.75, 3.05) is 18.6 Å². The molecule has 0 aliphatic carbocycles. The Hall–Kier alpha value is -3.12. The van der Waals surface area contributed by atoms with Crippen LogP contribution in [0.5, 0.6) is 0 Å². The molecule has 0 fully saturated rings. The number of aromatic nitrogens is 3. The van der Waals surface area contributed by atoms with E-state index >= 15 is 0 Å². The van der Waals surface area contributed by atoms with Crippen LogP contribution in [0.3, 0.4) is 0 Å². The molecule has 3 rings (SSSR count). The number of thioether (sulfide) groups is 1. The maximum absolute atomic E-state index is 11.7. The van der Waals surface area contributed by atoms with Gasteiger partial charge in [-0.25, -0.2) is 14.8 Å². The highest BCUT2D eigenvalue weighted by atomic mass is 32.2. The number of nitrogens with two attached hydrogens (primary N) is 1. The van der Waals surface area contributed by atoms with E-state index in [2.05, 4.69) is 15.0 Å². The smallest absolute Gasteiger partial charge is 0.341 e. The molecule has 9 heteroatoms. The van der Waals surface area contributed by atoms with Gasteiger partial charge in [-0.1, -0.05) is 11.8 Å². The van der Waals surface area contributed by atoms with Crippen molar-refractivity contribution >= 4 is 34.5 Å². The lowest BCUT2D eigenvalue weighted by Gasteiger charge is -2.03. The lowest BCUT2D eigenvalue weighted by atomic mass is 10.1. The number of aryl methyl sites for hydroxylation is 1. The third-order valence-corrected chi connectivity index (χ3v) is 4.20. The summed E-state index contributed by atoms with van der Waals surface area (Å²) in [5.74, 6) is 0.440. The van der Waals surface area contributed by atoms with Crippen LogP contribution in [0.4, 0.5) is 5.82 Å². The summed E-state index contributed by atoms with van der Waals surface area (Å²) in [5.41, 5.74) is 7.55. The Morgan fingerprint density at radius 3 is 3.04 bits per heavy atom. The van der Waals surface area contributed by atoms with Crippen LogP contribution < -0.4 is 5.73 Å². The second-order valence-electron chi connectivity index (χ2n) is 4.98. The number of pyridine rings is 1. The molecule has 126 valence electrons. The second-order valence-corrected chi connectivity index (χ2v) is 6.05. The van der Waals surface area contributed by atoms with Crippen molar-refractivity contribution in [1.82, 2.24) is 15.0 Å². The lowest BCUT2D eigenvalue weighted by Crippen LogP contribution is -2.01. The average Bonchev–Trinajstić information content (AvgIpc) is 3.04.